The Morgan fingerprint density at radius 2 is 1.88 bits per heavy atom. The van der Waals surface area contributed by atoms with Gasteiger partial charge in [-0.2, -0.15) is 0 Å². The standard InChI is InChI=1S/C14H32N2O/c1-6-9-15-14(4)8-7-10-16(5)11-12-17-13(2)3/h13-15H,6-12H2,1-5H3. The molecule has 0 aromatic carbocycles. The summed E-state index contributed by atoms with van der Waals surface area (Å²) in [5.74, 6) is 0. The number of ether oxygens (including phenoxy) is 1. The van der Waals surface area contributed by atoms with Gasteiger partial charge in [-0.15, -0.1) is 0 Å². The van der Waals surface area contributed by atoms with Crippen molar-refractivity contribution in [2.24, 2.45) is 0 Å². The van der Waals surface area contributed by atoms with Crippen molar-refractivity contribution in [3.05, 3.63) is 0 Å². The van der Waals surface area contributed by atoms with Crippen LogP contribution in [0.1, 0.15) is 47.0 Å². The number of rotatable bonds is 11. The topological polar surface area (TPSA) is 24.5 Å². The molecule has 0 aliphatic heterocycles. The second-order valence-electron chi connectivity index (χ2n) is 5.22. The van der Waals surface area contributed by atoms with E-state index in [1.54, 1.807) is 0 Å². The molecule has 3 nitrogen and oxygen atoms in total. The molecule has 3 heteroatoms. The second kappa shape index (κ2) is 11.0. The first-order chi connectivity index (χ1) is 8.06. The van der Waals surface area contributed by atoms with Crippen LogP contribution in [-0.2, 0) is 4.74 Å². The van der Waals surface area contributed by atoms with Gasteiger partial charge in [-0.05, 0) is 60.2 Å². The summed E-state index contributed by atoms with van der Waals surface area (Å²) < 4.78 is 5.54. The van der Waals surface area contributed by atoms with Gasteiger partial charge in [0, 0.05) is 12.6 Å². The lowest BCUT2D eigenvalue weighted by molar-refractivity contribution is 0.0635. The van der Waals surface area contributed by atoms with Gasteiger partial charge in [0.15, 0.2) is 0 Å². The number of likely N-dealkylation sites (N-methyl/N-ethyl adjacent to an activating group) is 1. The average Bonchev–Trinajstić information content (AvgIpc) is 2.25. The molecule has 0 radical (unpaired) electrons. The molecule has 0 heterocycles. The molecule has 0 rings (SSSR count). The maximum atomic E-state index is 5.54. The maximum Gasteiger partial charge on any atom is 0.0596 e. The van der Waals surface area contributed by atoms with Gasteiger partial charge in [0.1, 0.15) is 0 Å². The van der Waals surface area contributed by atoms with E-state index in [1.165, 1.54) is 25.8 Å². The van der Waals surface area contributed by atoms with Gasteiger partial charge in [0.25, 0.3) is 0 Å². The summed E-state index contributed by atoms with van der Waals surface area (Å²) in [7, 11) is 2.17. The molecule has 1 unspecified atom stereocenters. The van der Waals surface area contributed by atoms with Gasteiger partial charge in [-0.1, -0.05) is 6.92 Å². The molecule has 0 saturated heterocycles. The van der Waals surface area contributed by atoms with Crippen LogP contribution in [0, 0.1) is 0 Å². The van der Waals surface area contributed by atoms with Crippen molar-refractivity contribution in [2.75, 3.05) is 33.3 Å². The van der Waals surface area contributed by atoms with Crippen LogP contribution in [0.15, 0.2) is 0 Å². The number of nitrogens with zero attached hydrogens (tertiary/aromatic N) is 1. The molecule has 0 fully saturated rings. The highest BCUT2D eigenvalue weighted by Gasteiger charge is 2.03. The molecule has 104 valence electrons. The summed E-state index contributed by atoms with van der Waals surface area (Å²) in [6.45, 7) is 12.8. The van der Waals surface area contributed by atoms with E-state index >= 15 is 0 Å². The highest BCUT2D eigenvalue weighted by Crippen LogP contribution is 1.99. The Morgan fingerprint density at radius 1 is 1.18 bits per heavy atom. The van der Waals surface area contributed by atoms with E-state index in [9.17, 15) is 0 Å². The molecule has 0 amide bonds. The zero-order valence-electron chi connectivity index (χ0n) is 12.5. The average molecular weight is 244 g/mol. The van der Waals surface area contributed by atoms with Crippen LogP contribution < -0.4 is 5.32 Å². The molecule has 0 aromatic rings. The monoisotopic (exact) mass is 244 g/mol. The minimum atomic E-state index is 0.349. The van der Waals surface area contributed by atoms with E-state index in [2.05, 4.69) is 45.0 Å². The quantitative estimate of drug-likeness (QED) is 0.604. The molecule has 1 atom stereocenters. The van der Waals surface area contributed by atoms with Gasteiger partial charge in [-0.3, -0.25) is 0 Å². The van der Waals surface area contributed by atoms with E-state index in [4.69, 9.17) is 4.74 Å². The molecule has 0 saturated carbocycles. The normalized spacial score (nSPS) is 13.6. The molecule has 17 heavy (non-hydrogen) atoms. The third-order valence-corrected chi connectivity index (χ3v) is 2.84. The van der Waals surface area contributed by atoms with Crippen molar-refractivity contribution in [1.82, 2.24) is 10.2 Å². The van der Waals surface area contributed by atoms with Crippen molar-refractivity contribution in [3.8, 4) is 0 Å². The van der Waals surface area contributed by atoms with E-state index in [1.807, 2.05) is 0 Å². The smallest absolute Gasteiger partial charge is 0.0596 e. The summed E-state index contributed by atoms with van der Waals surface area (Å²) in [5, 5.41) is 3.52. The summed E-state index contributed by atoms with van der Waals surface area (Å²) in [6.07, 6.45) is 4.09. The van der Waals surface area contributed by atoms with Crippen molar-refractivity contribution in [1.29, 1.82) is 0 Å². The Bertz CT molecular complexity index is 162. The first kappa shape index (κ1) is 16.9. The summed E-state index contributed by atoms with van der Waals surface area (Å²) in [6, 6.07) is 0.648. The van der Waals surface area contributed by atoms with Crippen molar-refractivity contribution in [3.63, 3.8) is 0 Å². The summed E-state index contributed by atoms with van der Waals surface area (Å²) in [5.41, 5.74) is 0. The summed E-state index contributed by atoms with van der Waals surface area (Å²) in [4.78, 5) is 2.36. The van der Waals surface area contributed by atoms with Gasteiger partial charge >= 0.3 is 0 Å². The lowest BCUT2D eigenvalue weighted by Crippen LogP contribution is -2.29. The van der Waals surface area contributed by atoms with Gasteiger partial charge in [0.05, 0.1) is 12.7 Å². The second-order valence-corrected chi connectivity index (χ2v) is 5.22. The Kier molecular flexibility index (Phi) is 10.9. The third kappa shape index (κ3) is 12.1. The molecule has 0 aromatic heterocycles. The molecule has 1 N–H and O–H groups in total. The van der Waals surface area contributed by atoms with Crippen LogP contribution >= 0.6 is 0 Å². The first-order valence-corrected chi connectivity index (χ1v) is 7.09. The Hall–Kier alpha value is -0.120. The van der Waals surface area contributed by atoms with Crippen molar-refractivity contribution < 1.29 is 4.74 Å². The van der Waals surface area contributed by atoms with Gasteiger partial charge < -0.3 is 15.0 Å². The van der Waals surface area contributed by atoms with Crippen LogP contribution in [-0.4, -0.2) is 50.3 Å². The Balaban J connectivity index is 3.34. The molecule has 0 aliphatic rings. The maximum absolute atomic E-state index is 5.54. The first-order valence-electron chi connectivity index (χ1n) is 7.09. The largest absolute Gasteiger partial charge is 0.377 e. The molecule has 0 aliphatic carbocycles. The van der Waals surface area contributed by atoms with E-state index in [0.717, 1.165) is 19.7 Å². The SMILES string of the molecule is CCCNC(C)CCCN(C)CCOC(C)C. The zero-order valence-corrected chi connectivity index (χ0v) is 12.5. The zero-order chi connectivity index (χ0) is 13.1. The molecule has 0 spiro atoms. The lowest BCUT2D eigenvalue weighted by atomic mass is 10.2. The lowest BCUT2D eigenvalue weighted by Gasteiger charge is -2.19. The number of hydrogen-bond acceptors (Lipinski definition) is 3. The van der Waals surface area contributed by atoms with Crippen LogP contribution in [0.5, 0.6) is 0 Å². The predicted octanol–water partition coefficient (Wildman–Crippen LogP) is 2.51. The minimum absolute atomic E-state index is 0.349. The fraction of sp³-hybridized carbons (Fsp3) is 1.00. The van der Waals surface area contributed by atoms with Crippen LogP contribution in [0.25, 0.3) is 0 Å². The van der Waals surface area contributed by atoms with Crippen molar-refractivity contribution in [2.45, 2.75) is 59.1 Å². The fourth-order valence-corrected chi connectivity index (χ4v) is 1.72. The number of nitrogens with one attached hydrogen (secondary N) is 1. The Labute approximate surface area is 108 Å². The fourth-order valence-electron chi connectivity index (χ4n) is 1.72. The highest BCUT2D eigenvalue weighted by molar-refractivity contribution is 4.61. The highest BCUT2D eigenvalue weighted by atomic mass is 16.5. The third-order valence-electron chi connectivity index (χ3n) is 2.84. The van der Waals surface area contributed by atoms with Gasteiger partial charge in [-0.25, -0.2) is 0 Å². The van der Waals surface area contributed by atoms with Gasteiger partial charge in [0.2, 0.25) is 0 Å². The molecular weight excluding hydrogens is 212 g/mol. The minimum Gasteiger partial charge on any atom is -0.377 e. The molecular formula is C14H32N2O. The number of hydrogen-bond donors (Lipinski definition) is 1. The predicted molar refractivity (Wildman–Crippen MR) is 75.6 cm³/mol. The van der Waals surface area contributed by atoms with Crippen LogP contribution in [0.4, 0.5) is 0 Å². The summed E-state index contributed by atoms with van der Waals surface area (Å²) >= 11 is 0. The Morgan fingerprint density at radius 3 is 2.47 bits per heavy atom. The molecule has 0 bridgehead atoms. The van der Waals surface area contributed by atoms with Crippen molar-refractivity contribution >= 4 is 0 Å². The van der Waals surface area contributed by atoms with E-state index < -0.39 is 0 Å². The van der Waals surface area contributed by atoms with Crippen LogP contribution in [0.3, 0.4) is 0 Å². The van der Waals surface area contributed by atoms with E-state index in [0.29, 0.717) is 12.1 Å². The van der Waals surface area contributed by atoms with E-state index in [-0.39, 0.29) is 0 Å². The van der Waals surface area contributed by atoms with Crippen LogP contribution in [0.2, 0.25) is 0 Å².